The number of rotatable bonds is 2. The number of methoxy groups -OCH3 is 1. The minimum absolute atomic E-state index is 0.228. The van der Waals surface area contributed by atoms with Crippen LogP contribution in [0.25, 0.3) is 0 Å². The molecule has 0 aromatic heterocycles. The van der Waals surface area contributed by atoms with Crippen molar-refractivity contribution < 1.29 is 9.47 Å². The summed E-state index contributed by atoms with van der Waals surface area (Å²) in [5, 5.41) is 0. The van der Waals surface area contributed by atoms with Gasteiger partial charge in [0.25, 0.3) is 0 Å². The van der Waals surface area contributed by atoms with Gasteiger partial charge < -0.3 is 9.47 Å². The normalized spacial score (nSPS) is 41.1. The lowest BCUT2D eigenvalue weighted by molar-refractivity contribution is -0.164. The third-order valence-electron chi connectivity index (χ3n) is 3.67. The molecule has 1 aliphatic rings. The van der Waals surface area contributed by atoms with Crippen LogP contribution in [0.4, 0.5) is 0 Å². The van der Waals surface area contributed by atoms with E-state index >= 15 is 0 Å². The van der Waals surface area contributed by atoms with Crippen LogP contribution in [0, 0.1) is 11.3 Å². The molecule has 2 nitrogen and oxygen atoms in total. The Morgan fingerprint density at radius 1 is 1.46 bits per heavy atom. The quantitative estimate of drug-likeness (QED) is 0.659. The summed E-state index contributed by atoms with van der Waals surface area (Å²) in [5.74, 6) is 0.642. The highest BCUT2D eigenvalue weighted by atomic mass is 16.5. The summed E-state index contributed by atoms with van der Waals surface area (Å²) in [6.45, 7) is 9.82. The standard InChI is InChI=1S/C11H22O2/c1-8(2)11(4)6-7-13-9(3)10(11)12-5/h8-10H,6-7H2,1-5H3/t9-,10-,11-/m0/s1. The first kappa shape index (κ1) is 11.0. The molecule has 0 spiro atoms. The Balaban J connectivity index is 2.80. The molecular weight excluding hydrogens is 164 g/mol. The molecule has 1 fully saturated rings. The highest BCUT2D eigenvalue weighted by Gasteiger charge is 2.43. The van der Waals surface area contributed by atoms with Crippen LogP contribution in [-0.2, 0) is 9.47 Å². The van der Waals surface area contributed by atoms with E-state index in [1.165, 1.54) is 0 Å². The molecule has 0 aromatic carbocycles. The molecule has 1 saturated heterocycles. The van der Waals surface area contributed by atoms with E-state index < -0.39 is 0 Å². The monoisotopic (exact) mass is 186 g/mol. The summed E-state index contributed by atoms with van der Waals surface area (Å²) < 4.78 is 11.2. The Labute approximate surface area is 81.6 Å². The summed E-state index contributed by atoms with van der Waals surface area (Å²) in [5.41, 5.74) is 0.270. The molecule has 0 aromatic rings. The first-order valence-corrected chi connectivity index (χ1v) is 5.16. The SMILES string of the molecule is CO[C@H]1[C@H](C)OCC[C@@]1(C)C(C)C. The van der Waals surface area contributed by atoms with E-state index in [-0.39, 0.29) is 17.6 Å². The Hall–Kier alpha value is -0.0800. The average molecular weight is 186 g/mol. The van der Waals surface area contributed by atoms with Gasteiger partial charge >= 0.3 is 0 Å². The van der Waals surface area contributed by atoms with Crippen LogP contribution in [0.2, 0.25) is 0 Å². The Kier molecular flexibility index (Phi) is 3.36. The Morgan fingerprint density at radius 2 is 2.08 bits per heavy atom. The molecule has 0 amide bonds. The second-order valence-corrected chi connectivity index (χ2v) is 4.64. The minimum Gasteiger partial charge on any atom is -0.378 e. The van der Waals surface area contributed by atoms with Crippen LogP contribution >= 0.6 is 0 Å². The van der Waals surface area contributed by atoms with Crippen molar-refractivity contribution in [1.82, 2.24) is 0 Å². The van der Waals surface area contributed by atoms with Crippen molar-refractivity contribution in [3.8, 4) is 0 Å². The molecule has 0 unspecified atom stereocenters. The maximum Gasteiger partial charge on any atom is 0.0886 e. The number of hydrogen-bond acceptors (Lipinski definition) is 2. The molecule has 3 atom stereocenters. The summed E-state index contributed by atoms with van der Waals surface area (Å²) in [7, 11) is 1.79. The Morgan fingerprint density at radius 3 is 2.46 bits per heavy atom. The minimum atomic E-state index is 0.228. The van der Waals surface area contributed by atoms with Crippen molar-refractivity contribution in [2.75, 3.05) is 13.7 Å². The van der Waals surface area contributed by atoms with Gasteiger partial charge in [-0.2, -0.15) is 0 Å². The molecule has 0 saturated carbocycles. The summed E-state index contributed by atoms with van der Waals surface area (Å²) in [4.78, 5) is 0. The predicted octanol–water partition coefficient (Wildman–Crippen LogP) is 2.47. The van der Waals surface area contributed by atoms with E-state index in [0.717, 1.165) is 13.0 Å². The van der Waals surface area contributed by atoms with Crippen LogP contribution in [0.1, 0.15) is 34.1 Å². The lowest BCUT2D eigenvalue weighted by Crippen LogP contribution is -2.50. The second kappa shape index (κ2) is 3.97. The van der Waals surface area contributed by atoms with Crippen molar-refractivity contribution >= 4 is 0 Å². The zero-order valence-corrected chi connectivity index (χ0v) is 9.46. The van der Waals surface area contributed by atoms with Gasteiger partial charge in [-0.3, -0.25) is 0 Å². The summed E-state index contributed by atoms with van der Waals surface area (Å²) in [6, 6.07) is 0. The molecule has 1 heterocycles. The maximum absolute atomic E-state index is 5.60. The number of hydrogen-bond donors (Lipinski definition) is 0. The van der Waals surface area contributed by atoms with Crippen LogP contribution in [0.5, 0.6) is 0 Å². The molecule has 13 heavy (non-hydrogen) atoms. The lowest BCUT2D eigenvalue weighted by Gasteiger charge is -2.46. The first-order chi connectivity index (χ1) is 6.02. The molecular formula is C11H22O2. The summed E-state index contributed by atoms with van der Waals surface area (Å²) >= 11 is 0. The predicted molar refractivity (Wildman–Crippen MR) is 53.8 cm³/mol. The summed E-state index contributed by atoms with van der Waals surface area (Å²) in [6.07, 6.45) is 1.57. The van der Waals surface area contributed by atoms with Crippen molar-refractivity contribution in [3.63, 3.8) is 0 Å². The fraction of sp³-hybridized carbons (Fsp3) is 1.00. The van der Waals surface area contributed by atoms with Gasteiger partial charge in [-0.15, -0.1) is 0 Å². The van der Waals surface area contributed by atoms with E-state index in [9.17, 15) is 0 Å². The van der Waals surface area contributed by atoms with Crippen molar-refractivity contribution in [1.29, 1.82) is 0 Å². The molecule has 1 rings (SSSR count). The van der Waals surface area contributed by atoms with Gasteiger partial charge in [0.05, 0.1) is 12.2 Å². The molecule has 78 valence electrons. The van der Waals surface area contributed by atoms with Crippen molar-refractivity contribution in [2.24, 2.45) is 11.3 Å². The molecule has 0 aliphatic carbocycles. The Bertz CT molecular complexity index is 167. The van der Waals surface area contributed by atoms with Gasteiger partial charge in [-0.1, -0.05) is 20.8 Å². The van der Waals surface area contributed by atoms with Gasteiger partial charge in [-0.05, 0) is 19.3 Å². The maximum atomic E-state index is 5.60. The van der Waals surface area contributed by atoms with Crippen LogP contribution in [0.3, 0.4) is 0 Å². The van der Waals surface area contributed by atoms with Gasteiger partial charge in [0, 0.05) is 19.1 Å². The average Bonchev–Trinajstić information content (AvgIpc) is 2.04. The van der Waals surface area contributed by atoms with Crippen LogP contribution in [-0.4, -0.2) is 25.9 Å². The third kappa shape index (κ3) is 1.89. The van der Waals surface area contributed by atoms with E-state index in [1.54, 1.807) is 7.11 Å². The molecule has 0 N–H and O–H groups in total. The molecule has 0 bridgehead atoms. The number of ether oxygens (including phenoxy) is 2. The largest absolute Gasteiger partial charge is 0.378 e. The van der Waals surface area contributed by atoms with Crippen LogP contribution < -0.4 is 0 Å². The van der Waals surface area contributed by atoms with E-state index in [2.05, 4.69) is 27.7 Å². The fourth-order valence-corrected chi connectivity index (χ4v) is 2.31. The van der Waals surface area contributed by atoms with Gasteiger partial charge in [0.1, 0.15) is 0 Å². The zero-order chi connectivity index (χ0) is 10.1. The lowest BCUT2D eigenvalue weighted by atomic mass is 9.69. The van der Waals surface area contributed by atoms with E-state index in [1.807, 2.05) is 0 Å². The molecule has 1 aliphatic heterocycles. The highest BCUT2D eigenvalue weighted by molar-refractivity contribution is 4.92. The highest BCUT2D eigenvalue weighted by Crippen LogP contribution is 2.41. The van der Waals surface area contributed by atoms with Crippen molar-refractivity contribution in [3.05, 3.63) is 0 Å². The third-order valence-corrected chi connectivity index (χ3v) is 3.67. The smallest absolute Gasteiger partial charge is 0.0886 e. The second-order valence-electron chi connectivity index (χ2n) is 4.64. The first-order valence-electron chi connectivity index (χ1n) is 5.16. The van der Waals surface area contributed by atoms with Gasteiger partial charge in [-0.25, -0.2) is 0 Å². The molecule has 0 radical (unpaired) electrons. The topological polar surface area (TPSA) is 18.5 Å². The van der Waals surface area contributed by atoms with Gasteiger partial charge in [0.15, 0.2) is 0 Å². The van der Waals surface area contributed by atoms with E-state index in [0.29, 0.717) is 5.92 Å². The fourth-order valence-electron chi connectivity index (χ4n) is 2.31. The van der Waals surface area contributed by atoms with Gasteiger partial charge in [0.2, 0.25) is 0 Å². The van der Waals surface area contributed by atoms with Crippen LogP contribution in [0.15, 0.2) is 0 Å². The molecule has 2 heteroatoms. The van der Waals surface area contributed by atoms with E-state index in [4.69, 9.17) is 9.47 Å². The zero-order valence-electron chi connectivity index (χ0n) is 9.46. The van der Waals surface area contributed by atoms with Crippen molar-refractivity contribution in [2.45, 2.75) is 46.3 Å².